The van der Waals surface area contributed by atoms with Gasteiger partial charge in [0, 0.05) is 30.0 Å². The number of rotatable bonds is 3. The molecule has 22 heavy (non-hydrogen) atoms. The molecule has 0 spiro atoms. The van der Waals surface area contributed by atoms with Gasteiger partial charge < -0.3 is 19.2 Å². The SMILES string of the molecule is CN1CCCC(COc2ccc3c([O-])cc(=O)oc3c2)C1.[Na+]. The summed E-state index contributed by atoms with van der Waals surface area (Å²) in [6.45, 7) is 2.81. The van der Waals surface area contributed by atoms with E-state index in [1.165, 1.54) is 6.42 Å². The number of likely N-dealkylation sites (tertiary alicyclic amines) is 1. The molecule has 0 radical (unpaired) electrons. The number of benzene rings is 1. The van der Waals surface area contributed by atoms with Crippen LogP contribution in [0.25, 0.3) is 11.0 Å². The fraction of sp³-hybridized carbons (Fsp3) is 0.438. The average Bonchev–Trinajstić information content (AvgIpc) is 2.44. The van der Waals surface area contributed by atoms with Crippen molar-refractivity contribution >= 4 is 11.0 Å². The summed E-state index contributed by atoms with van der Waals surface area (Å²) in [4.78, 5) is 13.6. The summed E-state index contributed by atoms with van der Waals surface area (Å²) >= 11 is 0. The smallest absolute Gasteiger partial charge is 0.872 e. The molecule has 5 nitrogen and oxygen atoms in total. The normalized spacial score (nSPS) is 18.9. The Bertz CT molecular complexity index is 700. The summed E-state index contributed by atoms with van der Waals surface area (Å²) in [6.07, 6.45) is 2.36. The molecule has 2 heterocycles. The average molecular weight is 311 g/mol. The minimum atomic E-state index is -0.626. The molecule has 0 aliphatic carbocycles. The Morgan fingerprint density at radius 2 is 2.23 bits per heavy atom. The van der Waals surface area contributed by atoms with Crippen molar-refractivity contribution in [2.24, 2.45) is 5.92 Å². The fourth-order valence-corrected chi connectivity index (χ4v) is 2.83. The zero-order valence-electron chi connectivity index (χ0n) is 13.0. The molecule has 0 N–H and O–H groups in total. The van der Waals surface area contributed by atoms with E-state index in [0.29, 0.717) is 23.7 Å². The van der Waals surface area contributed by atoms with Crippen LogP contribution in [-0.4, -0.2) is 31.6 Å². The van der Waals surface area contributed by atoms with Crippen LogP contribution in [0.3, 0.4) is 0 Å². The molecule has 1 unspecified atom stereocenters. The van der Waals surface area contributed by atoms with Gasteiger partial charge in [-0.1, -0.05) is 5.75 Å². The van der Waals surface area contributed by atoms with Crippen molar-refractivity contribution in [3.05, 3.63) is 34.7 Å². The van der Waals surface area contributed by atoms with Gasteiger partial charge in [-0.15, -0.1) is 0 Å². The molecule has 6 heteroatoms. The standard InChI is InChI=1S/C16H19NO4.Na/c1-17-6-2-3-11(9-17)10-20-12-4-5-13-14(18)8-16(19)21-15(13)7-12;/h4-5,7-8,11,18H,2-3,6,9-10H2,1H3;/q;+1/p-1. The minimum absolute atomic E-state index is 0. The Hall–Kier alpha value is -1.01. The van der Waals surface area contributed by atoms with Crippen LogP contribution in [0.4, 0.5) is 0 Å². The first kappa shape index (κ1) is 17.3. The van der Waals surface area contributed by atoms with Crippen molar-refractivity contribution in [2.45, 2.75) is 12.8 Å². The fourth-order valence-electron chi connectivity index (χ4n) is 2.83. The maximum Gasteiger partial charge on any atom is 1.00 e. The predicted molar refractivity (Wildman–Crippen MR) is 77.6 cm³/mol. The van der Waals surface area contributed by atoms with Crippen molar-refractivity contribution in [1.82, 2.24) is 4.90 Å². The molecule has 1 aliphatic rings. The number of nitrogens with zero attached hydrogens (tertiary/aromatic N) is 1. The zero-order valence-corrected chi connectivity index (χ0v) is 15.0. The summed E-state index contributed by atoms with van der Waals surface area (Å²) in [5, 5.41) is 12.0. The van der Waals surface area contributed by atoms with Crippen LogP contribution in [0.15, 0.2) is 33.5 Å². The molecule has 1 aromatic carbocycles. The van der Waals surface area contributed by atoms with Gasteiger partial charge in [-0.25, -0.2) is 4.79 Å². The van der Waals surface area contributed by atoms with Gasteiger partial charge in [0.25, 0.3) is 0 Å². The molecule has 1 saturated heterocycles. The monoisotopic (exact) mass is 311 g/mol. The van der Waals surface area contributed by atoms with Gasteiger partial charge in [0.1, 0.15) is 11.3 Å². The van der Waals surface area contributed by atoms with Crippen LogP contribution >= 0.6 is 0 Å². The van der Waals surface area contributed by atoms with Crippen LogP contribution in [-0.2, 0) is 0 Å². The van der Waals surface area contributed by atoms with E-state index in [2.05, 4.69) is 11.9 Å². The van der Waals surface area contributed by atoms with E-state index < -0.39 is 5.63 Å². The van der Waals surface area contributed by atoms with E-state index in [0.717, 1.165) is 25.6 Å². The van der Waals surface area contributed by atoms with Crippen molar-refractivity contribution in [2.75, 3.05) is 26.7 Å². The van der Waals surface area contributed by atoms with Crippen LogP contribution in [0, 0.1) is 5.92 Å². The number of piperidine rings is 1. The summed E-state index contributed by atoms with van der Waals surface area (Å²) in [5.74, 6) is 0.823. The molecule has 3 rings (SSSR count). The van der Waals surface area contributed by atoms with Gasteiger partial charge in [0.2, 0.25) is 0 Å². The Morgan fingerprint density at radius 3 is 3.00 bits per heavy atom. The van der Waals surface area contributed by atoms with Crippen LogP contribution < -0.4 is 45.0 Å². The molecule has 0 amide bonds. The molecule has 1 aromatic heterocycles. The van der Waals surface area contributed by atoms with Gasteiger partial charge in [-0.2, -0.15) is 0 Å². The van der Waals surface area contributed by atoms with Gasteiger partial charge in [-0.3, -0.25) is 0 Å². The third-order valence-corrected chi connectivity index (χ3v) is 3.89. The predicted octanol–water partition coefficient (Wildman–Crippen LogP) is -1.41. The molecule has 112 valence electrons. The minimum Gasteiger partial charge on any atom is -0.872 e. The first-order chi connectivity index (χ1) is 10.1. The molecule has 1 atom stereocenters. The number of hydrogen-bond acceptors (Lipinski definition) is 5. The molecule has 0 bridgehead atoms. The van der Waals surface area contributed by atoms with E-state index in [1.54, 1.807) is 18.2 Å². The molecule has 1 aliphatic heterocycles. The van der Waals surface area contributed by atoms with E-state index >= 15 is 0 Å². The van der Waals surface area contributed by atoms with Crippen molar-refractivity contribution < 1.29 is 43.8 Å². The summed E-state index contributed by atoms with van der Waals surface area (Å²) in [7, 11) is 2.12. The first-order valence-corrected chi connectivity index (χ1v) is 7.18. The Balaban J connectivity index is 0.00000176. The van der Waals surface area contributed by atoms with E-state index in [-0.39, 0.29) is 40.9 Å². The summed E-state index contributed by atoms with van der Waals surface area (Å²) < 4.78 is 10.8. The summed E-state index contributed by atoms with van der Waals surface area (Å²) in [6, 6.07) is 5.96. The largest absolute Gasteiger partial charge is 1.00 e. The Labute approximate surface area is 151 Å². The van der Waals surface area contributed by atoms with Gasteiger partial charge in [0.05, 0.1) is 6.61 Å². The quantitative estimate of drug-likeness (QED) is 0.515. The van der Waals surface area contributed by atoms with E-state index in [4.69, 9.17) is 9.15 Å². The van der Waals surface area contributed by atoms with Crippen molar-refractivity contribution in [3.8, 4) is 11.5 Å². The Kier molecular flexibility index (Phi) is 5.92. The molecule has 2 aromatic rings. The van der Waals surface area contributed by atoms with Crippen LogP contribution in [0.2, 0.25) is 0 Å². The second-order valence-corrected chi connectivity index (χ2v) is 5.67. The topological polar surface area (TPSA) is 65.7 Å². The van der Waals surface area contributed by atoms with Gasteiger partial charge in [-0.05, 0) is 38.6 Å². The number of ether oxygens (including phenoxy) is 1. The Morgan fingerprint density at radius 1 is 1.41 bits per heavy atom. The molecular formula is C16H18NNaO4. The van der Waals surface area contributed by atoms with Crippen molar-refractivity contribution in [3.63, 3.8) is 0 Å². The number of hydrogen-bond donors (Lipinski definition) is 0. The molecule has 1 fully saturated rings. The second-order valence-electron chi connectivity index (χ2n) is 5.67. The second kappa shape index (κ2) is 7.51. The van der Waals surface area contributed by atoms with Gasteiger partial charge in [0.15, 0.2) is 0 Å². The van der Waals surface area contributed by atoms with E-state index in [9.17, 15) is 9.90 Å². The van der Waals surface area contributed by atoms with Crippen molar-refractivity contribution in [1.29, 1.82) is 0 Å². The third-order valence-electron chi connectivity index (χ3n) is 3.89. The van der Waals surface area contributed by atoms with E-state index in [1.807, 2.05) is 0 Å². The van der Waals surface area contributed by atoms with Gasteiger partial charge >= 0.3 is 35.2 Å². The molecular weight excluding hydrogens is 293 g/mol. The summed E-state index contributed by atoms with van der Waals surface area (Å²) in [5.41, 5.74) is -0.343. The maximum atomic E-state index is 11.6. The molecule has 0 saturated carbocycles. The first-order valence-electron chi connectivity index (χ1n) is 7.18. The maximum absolute atomic E-state index is 11.6. The van der Waals surface area contributed by atoms with Crippen LogP contribution in [0.5, 0.6) is 11.5 Å². The third kappa shape index (κ3) is 4.04. The van der Waals surface area contributed by atoms with Crippen LogP contribution in [0.1, 0.15) is 12.8 Å². The zero-order chi connectivity index (χ0) is 14.8. The number of fused-ring (bicyclic) bond motifs is 1.